The van der Waals surface area contributed by atoms with E-state index in [1.807, 2.05) is 0 Å². The van der Waals surface area contributed by atoms with E-state index in [4.69, 9.17) is 28.4 Å². The van der Waals surface area contributed by atoms with Crippen LogP contribution in [0.15, 0.2) is 0 Å². The van der Waals surface area contributed by atoms with Gasteiger partial charge in [-0.2, -0.15) is 0 Å². The molecule has 3 aliphatic rings. The van der Waals surface area contributed by atoms with Gasteiger partial charge in [-0.3, -0.25) is 0 Å². The highest BCUT2D eigenvalue weighted by Crippen LogP contribution is 2.20. The standard InChI is InChI=1S/C16H24O8/c17-15-9-20-8-14-12(4-2-6-22-14)24-16(18)10-19-7-13-11(23-15)3-1-5-21-13/h11-14H,1-10H2/t11-,12-,13+,14+/m0/s1. The Kier molecular flexibility index (Phi) is 6.42. The summed E-state index contributed by atoms with van der Waals surface area (Å²) in [5.41, 5.74) is 0. The van der Waals surface area contributed by atoms with Crippen molar-refractivity contribution in [3.63, 3.8) is 0 Å². The zero-order valence-corrected chi connectivity index (χ0v) is 13.6. The van der Waals surface area contributed by atoms with E-state index in [-0.39, 0.29) is 50.8 Å². The largest absolute Gasteiger partial charge is 0.458 e. The average Bonchev–Trinajstić information content (AvgIpc) is 2.57. The Morgan fingerprint density at radius 3 is 1.58 bits per heavy atom. The third-order valence-electron chi connectivity index (χ3n) is 4.33. The van der Waals surface area contributed by atoms with Crippen LogP contribution in [0.1, 0.15) is 25.7 Å². The molecule has 24 heavy (non-hydrogen) atoms. The van der Waals surface area contributed by atoms with Gasteiger partial charge in [0.15, 0.2) is 0 Å². The van der Waals surface area contributed by atoms with Crippen LogP contribution in [0.2, 0.25) is 0 Å². The Labute approximate surface area is 140 Å². The van der Waals surface area contributed by atoms with Crippen LogP contribution in [0, 0.1) is 0 Å². The van der Waals surface area contributed by atoms with Crippen molar-refractivity contribution in [1.29, 1.82) is 0 Å². The van der Waals surface area contributed by atoms with Crippen LogP contribution in [-0.4, -0.2) is 76.0 Å². The number of carbonyl (C=O) groups is 2. The van der Waals surface area contributed by atoms with E-state index in [9.17, 15) is 9.59 Å². The van der Waals surface area contributed by atoms with Crippen LogP contribution in [0.5, 0.6) is 0 Å². The number of fused-ring (bicyclic) bond motifs is 2. The highest BCUT2D eigenvalue weighted by atomic mass is 16.6. The zero-order valence-electron chi connectivity index (χ0n) is 13.6. The van der Waals surface area contributed by atoms with Crippen molar-refractivity contribution < 1.29 is 38.0 Å². The summed E-state index contributed by atoms with van der Waals surface area (Å²) >= 11 is 0. The van der Waals surface area contributed by atoms with Gasteiger partial charge in [-0.25, -0.2) is 9.59 Å². The third-order valence-corrected chi connectivity index (χ3v) is 4.33. The van der Waals surface area contributed by atoms with Gasteiger partial charge in [-0.1, -0.05) is 0 Å². The SMILES string of the molecule is O=C1COC[C@H]2OCCC[C@@H]2OC(=O)COC[C@H]2OCCC[C@@H]2O1. The highest BCUT2D eigenvalue weighted by molar-refractivity contribution is 5.71. The van der Waals surface area contributed by atoms with Gasteiger partial charge in [-0.05, 0) is 25.7 Å². The van der Waals surface area contributed by atoms with Crippen LogP contribution < -0.4 is 0 Å². The monoisotopic (exact) mass is 344 g/mol. The van der Waals surface area contributed by atoms with Crippen molar-refractivity contribution in [2.45, 2.75) is 50.1 Å². The van der Waals surface area contributed by atoms with Gasteiger partial charge in [0.1, 0.15) is 37.6 Å². The van der Waals surface area contributed by atoms with Crippen molar-refractivity contribution in [2.75, 3.05) is 39.6 Å². The van der Waals surface area contributed by atoms with Gasteiger partial charge in [0.2, 0.25) is 0 Å². The summed E-state index contributed by atoms with van der Waals surface area (Å²) in [6, 6.07) is 0. The minimum atomic E-state index is -0.433. The van der Waals surface area contributed by atoms with Crippen molar-refractivity contribution in [3.05, 3.63) is 0 Å². The van der Waals surface area contributed by atoms with E-state index in [2.05, 4.69) is 0 Å². The molecular weight excluding hydrogens is 320 g/mol. The molecule has 3 saturated heterocycles. The Balaban J connectivity index is 1.62. The van der Waals surface area contributed by atoms with Crippen LogP contribution in [0.25, 0.3) is 0 Å². The minimum absolute atomic E-state index is 0.162. The Hall–Kier alpha value is -1.22. The van der Waals surface area contributed by atoms with E-state index in [1.54, 1.807) is 0 Å². The lowest BCUT2D eigenvalue weighted by molar-refractivity contribution is -0.188. The second-order valence-electron chi connectivity index (χ2n) is 6.19. The van der Waals surface area contributed by atoms with Crippen molar-refractivity contribution >= 4 is 11.9 Å². The molecule has 0 saturated carbocycles. The highest BCUT2D eigenvalue weighted by Gasteiger charge is 2.32. The van der Waals surface area contributed by atoms with Crippen molar-refractivity contribution in [3.8, 4) is 0 Å². The molecule has 0 unspecified atom stereocenters. The van der Waals surface area contributed by atoms with Gasteiger partial charge in [-0.15, -0.1) is 0 Å². The minimum Gasteiger partial charge on any atom is -0.458 e. The first-order valence-electron chi connectivity index (χ1n) is 8.50. The van der Waals surface area contributed by atoms with Crippen LogP contribution >= 0.6 is 0 Å². The maximum Gasteiger partial charge on any atom is 0.332 e. The molecule has 0 spiro atoms. The van der Waals surface area contributed by atoms with E-state index in [0.29, 0.717) is 26.1 Å². The lowest BCUT2D eigenvalue weighted by atomic mass is 10.1. The van der Waals surface area contributed by atoms with Gasteiger partial charge >= 0.3 is 11.9 Å². The van der Waals surface area contributed by atoms with Crippen LogP contribution in [-0.2, 0) is 38.0 Å². The molecule has 3 rings (SSSR count). The van der Waals surface area contributed by atoms with Crippen LogP contribution in [0.3, 0.4) is 0 Å². The summed E-state index contributed by atoms with van der Waals surface area (Å²) in [6.45, 7) is 1.21. The lowest BCUT2D eigenvalue weighted by Gasteiger charge is -2.33. The Morgan fingerprint density at radius 1 is 0.667 bits per heavy atom. The molecule has 3 aliphatic heterocycles. The Morgan fingerprint density at radius 2 is 1.12 bits per heavy atom. The van der Waals surface area contributed by atoms with E-state index >= 15 is 0 Å². The first-order chi connectivity index (χ1) is 11.7. The summed E-state index contributed by atoms with van der Waals surface area (Å²) < 4.78 is 32.9. The average molecular weight is 344 g/mol. The maximum atomic E-state index is 12.0. The predicted molar refractivity (Wildman–Crippen MR) is 79.3 cm³/mol. The topological polar surface area (TPSA) is 89.5 Å². The Bertz CT molecular complexity index is 400. The fraction of sp³-hybridized carbons (Fsp3) is 0.875. The second-order valence-corrected chi connectivity index (χ2v) is 6.19. The summed E-state index contributed by atoms with van der Waals surface area (Å²) in [7, 11) is 0. The lowest BCUT2D eigenvalue weighted by Crippen LogP contribution is -2.44. The van der Waals surface area contributed by atoms with Gasteiger partial charge in [0, 0.05) is 13.2 Å². The first kappa shape index (κ1) is 17.6. The zero-order chi connectivity index (χ0) is 16.8. The molecule has 4 atom stereocenters. The van der Waals surface area contributed by atoms with Crippen molar-refractivity contribution in [1.82, 2.24) is 0 Å². The molecule has 0 aliphatic carbocycles. The number of rotatable bonds is 0. The molecule has 8 nitrogen and oxygen atoms in total. The molecule has 0 bridgehead atoms. The molecular formula is C16H24O8. The molecule has 0 radical (unpaired) electrons. The van der Waals surface area contributed by atoms with Gasteiger partial charge < -0.3 is 28.4 Å². The first-order valence-corrected chi connectivity index (χ1v) is 8.50. The summed E-state index contributed by atoms with van der Waals surface area (Å²) in [5, 5.41) is 0. The van der Waals surface area contributed by atoms with Crippen LogP contribution in [0.4, 0.5) is 0 Å². The summed E-state index contributed by atoms with van der Waals surface area (Å²) in [4.78, 5) is 23.9. The number of ether oxygens (including phenoxy) is 6. The third kappa shape index (κ3) is 4.89. The molecule has 8 heteroatoms. The molecule has 0 aromatic heterocycles. The van der Waals surface area contributed by atoms with E-state index < -0.39 is 11.9 Å². The van der Waals surface area contributed by atoms with E-state index in [0.717, 1.165) is 12.8 Å². The van der Waals surface area contributed by atoms with E-state index in [1.165, 1.54) is 0 Å². The molecule has 136 valence electrons. The molecule has 3 heterocycles. The summed E-state index contributed by atoms with van der Waals surface area (Å²) in [6.07, 6.45) is 1.54. The fourth-order valence-electron chi connectivity index (χ4n) is 3.13. The van der Waals surface area contributed by atoms with Gasteiger partial charge in [0.25, 0.3) is 0 Å². The normalized spacial score (nSPS) is 36.5. The van der Waals surface area contributed by atoms with Gasteiger partial charge in [0.05, 0.1) is 13.2 Å². The maximum absolute atomic E-state index is 12.0. The number of hydrogen-bond acceptors (Lipinski definition) is 8. The van der Waals surface area contributed by atoms with Crippen molar-refractivity contribution in [2.24, 2.45) is 0 Å². The smallest absolute Gasteiger partial charge is 0.332 e. The fourth-order valence-corrected chi connectivity index (χ4v) is 3.13. The predicted octanol–water partition coefficient (Wildman–Crippen LogP) is 0.215. The second kappa shape index (κ2) is 8.75. The molecule has 0 aromatic rings. The number of esters is 2. The molecule has 0 amide bonds. The summed E-state index contributed by atoms with van der Waals surface area (Å²) in [5.74, 6) is -0.867. The molecule has 0 aromatic carbocycles. The number of hydrogen-bond donors (Lipinski definition) is 0. The molecule has 3 fully saturated rings. The number of carbonyl (C=O) groups excluding carboxylic acids is 2. The molecule has 0 N–H and O–H groups in total. The quantitative estimate of drug-likeness (QED) is 0.576.